The summed E-state index contributed by atoms with van der Waals surface area (Å²) in [5.41, 5.74) is -0.257. The minimum absolute atomic E-state index is 0.0700. The highest BCUT2D eigenvalue weighted by Crippen LogP contribution is 2.30. The average molecular weight is 440 g/mol. The first kappa shape index (κ1) is 22.6. The van der Waals surface area contributed by atoms with Crippen LogP contribution in [0.3, 0.4) is 0 Å². The topological polar surface area (TPSA) is 110 Å². The molecule has 2 aromatic rings. The number of hydrogen-bond donors (Lipinski definition) is 1. The van der Waals surface area contributed by atoms with E-state index in [1.165, 1.54) is 6.07 Å². The maximum Gasteiger partial charge on any atom is 0.289 e. The molecule has 0 heterocycles. The number of nitrogens with one attached hydrogen (secondary N) is 1. The summed E-state index contributed by atoms with van der Waals surface area (Å²) in [6, 6.07) is 11.2. The Balaban J connectivity index is 2.47. The van der Waals surface area contributed by atoms with Crippen LogP contribution in [0.15, 0.2) is 53.4 Å². The van der Waals surface area contributed by atoms with Crippen molar-refractivity contribution in [2.24, 2.45) is 0 Å². The van der Waals surface area contributed by atoms with Gasteiger partial charge in [-0.25, -0.2) is 8.42 Å². The van der Waals surface area contributed by atoms with Crippen LogP contribution >= 0.6 is 11.6 Å². The van der Waals surface area contributed by atoms with Crippen molar-refractivity contribution in [2.45, 2.75) is 37.6 Å². The molecule has 0 fully saturated rings. The van der Waals surface area contributed by atoms with Gasteiger partial charge < -0.3 is 5.32 Å². The molecule has 0 radical (unpaired) electrons. The number of nitro benzene ring substituents is 1. The Hall–Kier alpha value is -2.65. The third-order valence-electron chi connectivity index (χ3n) is 4.38. The number of anilines is 1. The van der Waals surface area contributed by atoms with Crippen LogP contribution in [0, 0.1) is 10.1 Å². The lowest BCUT2D eigenvalue weighted by atomic mass is 10.2. The molecule has 2 aromatic carbocycles. The molecule has 0 saturated heterocycles. The van der Waals surface area contributed by atoms with Gasteiger partial charge in [0.15, 0.2) is 0 Å². The summed E-state index contributed by atoms with van der Waals surface area (Å²) in [6.45, 7) is 3.39. The van der Waals surface area contributed by atoms with E-state index in [1.807, 2.05) is 13.8 Å². The summed E-state index contributed by atoms with van der Waals surface area (Å²) in [5.74, 6) is -0.463. The predicted octanol–water partition coefficient (Wildman–Crippen LogP) is 3.75. The number of nitrogens with zero attached hydrogens (tertiary/aromatic N) is 2. The van der Waals surface area contributed by atoms with Gasteiger partial charge in [-0.05, 0) is 37.1 Å². The Bertz CT molecular complexity index is 979. The summed E-state index contributed by atoms with van der Waals surface area (Å²) in [7, 11) is -4.26. The Kier molecular flexibility index (Phi) is 7.58. The summed E-state index contributed by atoms with van der Waals surface area (Å²) < 4.78 is 27.4. The van der Waals surface area contributed by atoms with Crippen LogP contribution in [0.4, 0.5) is 11.4 Å². The first-order chi connectivity index (χ1) is 13.7. The van der Waals surface area contributed by atoms with Crippen molar-refractivity contribution in [3.8, 4) is 0 Å². The monoisotopic (exact) mass is 439 g/mol. The summed E-state index contributed by atoms with van der Waals surface area (Å²) in [6.07, 6.45) is 1.42. The lowest BCUT2D eigenvalue weighted by Gasteiger charge is -2.25. The van der Waals surface area contributed by atoms with E-state index >= 15 is 0 Å². The van der Waals surface area contributed by atoms with Gasteiger partial charge in [-0.3, -0.25) is 19.2 Å². The van der Waals surface area contributed by atoms with Crippen LogP contribution in [0.2, 0.25) is 5.02 Å². The number of rotatable bonds is 9. The number of hydrogen-bond acceptors (Lipinski definition) is 5. The Labute approximate surface area is 174 Å². The molecule has 8 nitrogen and oxygen atoms in total. The molecule has 0 unspecified atom stereocenters. The van der Waals surface area contributed by atoms with E-state index in [1.54, 1.807) is 30.3 Å². The molecular weight excluding hydrogens is 418 g/mol. The Morgan fingerprint density at radius 3 is 2.34 bits per heavy atom. The number of nitro groups is 1. The smallest absolute Gasteiger partial charge is 0.289 e. The number of para-hydroxylation sites is 1. The minimum atomic E-state index is -4.26. The number of halogens is 1. The molecule has 0 aromatic heterocycles. The number of sulfonamides is 1. The van der Waals surface area contributed by atoms with E-state index in [-0.39, 0.29) is 21.6 Å². The van der Waals surface area contributed by atoms with Gasteiger partial charge in [-0.2, -0.15) is 0 Å². The molecule has 2 rings (SSSR count). The van der Waals surface area contributed by atoms with Gasteiger partial charge in [-0.1, -0.05) is 43.6 Å². The van der Waals surface area contributed by atoms with Crippen molar-refractivity contribution in [1.29, 1.82) is 0 Å². The number of carbonyl (C=O) groups excluding carboxylic acids is 1. The highest BCUT2D eigenvalue weighted by Gasteiger charge is 2.29. The molecule has 156 valence electrons. The van der Waals surface area contributed by atoms with Crippen LogP contribution in [0.1, 0.15) is 26.7 Å². The molecule has 0 aliphatic rings. The van der Waals surface area contributed by atoms with Crippen LogP contribution in [-0.2, 0) is 14.8 Å². The summed E-state index contributed by atoms with van der Waals surface area (Å²) >= 11 is 5.80. The quantitative estimate of drug-likeness (QED) is 0.472. The summed E-state index contributed by atoms with van der Waals surface area (Å²) in [4.78, 5) is 22.6. The second kappa shape index (κ2) is 9.71. The van der Waals surface area contributed by atoms with Gasteiger partial charge in [0.1, 0.15) is 11.6 Å². The van der Waals surface area contributed by atoms with Crippen molar-refractivity contribution in [3.05, 3.63) is 63.7 Å². The van der Waals surface area contributed by atoms with Gasteiger partial charge in [0.25, 0.3) is 15.7 Å². The molecule has 0 spiro atoms. The standard InChI is InChI=1S/C19H22ClN3O5S/c1-3-14(4-2)21-19(24)13-22(15-8-6-5-7-9-15)29(27,28)16-10-11-17(20)18(12-16)23(25)26/h5-12,14H,3-4,13H2,1-2H3,(H,21,24). The fraction of sp³-hybridized carbons (Fsp3) is 0.316. The molecule has 1 amide bonds. The lowest BCUT2D eigenvalue weighted by Crippen LogP contribution is -2.44. The Morgan fingerprint density at radius 1 is 1.17 bits per heavy atom. The second-order valence-corrected chi connectivity index (χ2v) is 8.57. The third kappa shape index (κ3) is 5.45. The van der Waals surface area contributed by atoms with Crippen molar-refractivity contribution < 1.29 is 18.1 Å². The van der Waals surface area contributed by atoms with E-state index in [9.17, 15) is 23.3 Å². The number of carbonyl (C=O) groups is 1. The van der Waals surface area contributed by atoms with E-state index in [0.717, 1.165) is 16.4 Å². The van der Waals surface area contributed by atoms with E-state index in [2.05, 4.69) is 5.32 Å². The molecule has 0 atom stereocenters. The lowest BCUT2D eigenvalue weighted by molar-refractivity contribution is -0.384. The van der Waals surface area contributed by atoms with Gasteiger partial charge >= 0.3 is 0 Å². The second-order valence-electron chi connectivity index (χ2n) is 6.30. The first-order valence-corrected chi connectivity index (χ1v) is 10.8. The van der Waals surface area contributed by atoms with Crippen molar-refractivity contribution >= 4 is 38.9 Å². The molecule has 10 heteroatoms. The molecule has 0 aliphatic carbocycles. The molecule has 1 N–H and O–H groups in total. The largest absolute Gasteiger partial charge is 0.352 e. The Morgan fingerprint density at radius 2 is 1.79 bits per heavy atom. The summed E-state index contributed by atoms with van der Waals surface area (Å²) in [5, 5.41) is 13.8. The molecule has 0 bridgehead atoms. The van der Waals surface area contributed by atoms with Crippen LogP contribution in [0.5, 0.6) is 0 Å². The molecular formula is C19H22ClN3O5S. The van der Waals surface area contributed by atoms with Gasteiger partial charge in [-0.15, -0.1) is 0 Å². The zero-order valence-corrected chi connectivity index (χ0v) is 17.6. The molecule has 0 aliphatic heterocycles. The molecule has 29 heavy (non-hydrogen) atoms. The highest BCUT2D eigenvalue weighted by atomic mass is 35.5. The number of amides is 1. The van der Waals surface area contributed by atoms with Gasteiger partial charge in [0, 0.05) is 12.1 Å². The van der Waals surface area contributed by atoms with E-state index in [0.29, 0.717) is 12.8 Å². The minimum Gasteiger partial charge on any atom is -0.352 e. The zero-order chi connectivity index (χ0) is 21.6. The van der Waals surface area contributed by atoms with Crippen molar-refractivity contribution in [3.63, 3.8) is 0 Å². The van der Waals surface area contributed by atoms with Crippen molar-refractivity contribution in [1.82, 2.24) is 5.32 Å². The first-order valence-electron chi connectivity index (χ1n) is 9.01. The van der Waals surface area contributed by atoms with Crippen LogP contribution < -0.4 is 9.62 Å². The fourth-order valence-corrected chi connectivity index (χ4v) is 4.35. The maximum atomic E-state index is 13.3. The van der Waals surface area contributed by atoms with Crippen LogP contribution in [0.25, 0.3) is 0 Å². The fourth-order valence-electron chi connectivity index (χ4n) is 2.73. The van der Waals surface area contributed by atoms with Gasteiger partial charge in [0.05, 0.1) is 15.5 Å². The average Bonchev–Trinajstić information content (AvgIpc) is 2.70. The highest BCUT2D eigenvalue weighted by molar-refractivity contribution is 7.92. The number of benzene rings is 2. The predicted molar refractivity (Wildman–Crippen MR) is 112 cm³/mol. The van der Waals surface area contributed by atoms with E-state index in [4.69, 9.17) is 11.6 Å². The van der Waals surface area contributed by atoms with E-state index < -0.39 is 33.1 Å². The molecule has 0 saturated carbocycles. The van der Waals surface area contributed by atoms with Crippen molar-refractivity contribution in [2.75, 3.05) is 10.8 Å². The zero-order valence-electron chi connectivity index (χ0n) is 16.0. The SMILES string of the molecule is CCC(CC)NC(=O)CN(c1ccccc1)S(=O)(=O)c1ccc(Cl)c([N+](=O)[O-])c1. The van der Waals surface area contributed by atoms with Crippen LogP contribution in [-0.4, -0.2) is 31.8 Å². The van der Waals surface area contributed by atoms with Gasteiger partial charge in [0.2, 0.25) is 5.91 Å². The normalized spacial score (nSPS) is 11.3. The maximum absolute atomic E-state index is 13.3. The third-order valence-corrected chi connectivity index (χ3v) is 6.47.